The Morgan fingerprint density at radius 3 is 1.12 bits per heavy atom. The molecule has 0 aromatic rings. The monoisotopic (exact) mass is 362 g/mol. The van der Waals surface area contributed by atoms with Crippen LogP contribution in [0.25, 0.3) is 0 Å². The Labute approximate surface area is 155 Å². The zero-order chi connectivity index (χ0) is 19.2. The zero-order valence-electron chi connectivity index (χ0n) is 16.2. The first-order valence-electron chi connectivity index (χ1n) is 9.81. The first kappa shape index (κ1) is 26.9. The van der Waals surface area contributed by atoms with Crippen LogP contribution in [0.4, 0.5) is 0 Å². The highest BCUT2D eigenvalue weighted by Gasteiger charge is 2.11. The number of hydrogen-bond acceptors (Lipinski definition) is 8. The van der Waals surface area contributed by atoms with E-state index in [9.17, 15) is 0 Å². The molecule has 14 N–H and O–H groups in total. The molecule has 0 saturated heterocycles. The molecule has 154 valence electrons. The number of hydrogen-bond donors (Lipinski definition) is 8. The molecular weight excluding hydrogens is 316 g/mol. The van der Waals surface area contributed by atoms with Crippen LogP contribution in [0.3, 0.4) is 0 Å². The molecule has 0 aromatic carbocycles. The summed E-state index contributed by atoms with van der Waals surface area (Å²) in [6.45, 7) is 8.10. The van der Waals surface area contributed by atoms with Crippen molar-refractivity contribution in [2.75, 3.05) is 65.4 Å². The molecule has 0 aliphatic heterocycles. The van der Waals surface area contributed by atoms with Crippen molar-refractivity contribution in [2.45, 2.75) is 32.1 Å². The van der Waals surface area contributed by atoms with E-state index < -0.39 is 0 Å². The van der Waals surface area contributed by atoms with Gasteiger partial charge in [0.2, 0.25) is 0 Å². The molecule has 0 aliphatic rings. The summed E-state index contributed by atoms with van der Waals surface area (Å²) in [5.74, 6) is 0.763. The first-order valence-corrected chi connectivity index (χ1v) is 9.81. The van der Waals surface area contributed by atoms with E-state index in [1.54, 1.807) is 0 Å². The smallest absolute Gasteiger partial charge is 0.00745 e. The molecule has 0 aliphatic carbocycles. The van der Waals surface area contributed by atoms with Crippen LogP contribution < -0.4 is 45.0 Å². The van der Waals surface area contributed by atoms with Gasteiger partial charge in [0, 0.05) is 26.2 Å². The van der Waals surface area contributed by atoms with Crippen LogP contribution in [-0.4, -0.2) is 65.4 Å². The largest absolute Gasteiger partial charge is 0.330 e. The minimum Gasteiger partial charge on any atom is -0.330 e. The molecular formula is C17H46N8. The SMILES string of the molecule is NCC(CN)CC(CN)CN.NCCNCCCCCCNCCN. The fraction of sp³-hybridized carbons (Fsp3) is 1.00. The number of unbranched alkanes of at least 4 members (excludes halogenated alkanes) is 3. The van der Waals surface area contributed by atoms with Crippen molar-refractivity contribution in [1.29, 1.82) is 0 Å². The third-order valence-electron chi connectivity index (χ3n) is 4.10. The summed E-state index contributed by atoms with van der Waals surface area (Å²) >= 11 is 0. The molecule has 0 fully saturated rings. The lowest BCUT2D eigenvalue weighted by Crippen LogP contribution is -2.31. The average molecular weight is 363 g/mol. The van der Waals surface area contributed by atoms with Gasteiger partial charge in [0.05, 0.1) is 0 Å². The van der Waals surface area contributed by atoms with Crippen LogP contribution in [0.1, 0.15) is 32.1 Å². The maximum atomic E-state index is 5.48. The van der Waals surface area contributed by atoms with Crippen molar-refractivity contribution >= 4 is 0 Å². The Hall–Kier alpha value is -0.320. The van der Waals surface area contributed by atoms with Crippen LogP contribution >= 0.6 is 0 Å². The van der Waals surface area contributed by atoms with Crippen LogP contribution in [0.5, 0.6) is 0 Å². The highest BCUT2D eigenvalue weighted by Crippen LogP contribution is 2.07. The third kappa shape index (κ3) is 21.6. The normalized spacial score (nSPS) is 11.0. The first-order chi connectivity index (χ1) is 12.2. The lowest BCUT2D eigenvalue weighted by atomic mass is 9.95. The predicted molar refractivity (Wildman–Crippen MR) is 110 cm³/mol. The second kappa shape index (κ2) is 23.7. The van der Waals surface area contributed by atoms with E-state index in [0.29, 0.717) is 38.0 Å². The second-order valence-corrected chi connectivity index (χ2v) is 6.40. The van der Waals surface area contributed by atoms with Crippen molar-refractivity contribution in [3.05, 3.63) is 0 Å². The van der Waals surface area contributed by atoms with Crippen LogP contribution in [0.2, 0.25) is 0 Å². The summed E-state index contributed by atoms with van der Waals surface area (Å²) in [5.41, 5.74) is 32.6. The van der Waals surface area contributed by atoms with Gasteiger partial charge in [0.15, 0.2) is 0 Å². The minimum absolute atomic E-state index is 0.382. The van der Waals surface area contributed by atoms with E-state index in [2.05, 4.69) is 10.6 Å². The van der Waals surface area contributed by atoms with Crippen molar-refractivity contribution in [3.8, 4) is 0 Å². The number of nitrogens with one attached hydrogen (secondary N) is 2. The standard InChI is InChI=1S/C10H26N4.C7H20N4/c11-5-9-13-7-3-1-2-4-8-14-10-6-12;8-2-6(3-9)1-7(4-10)5-11/h13-14H,1-12H2;6-7H,1-5,8-11H2. The summed E-state index contributed by atoms with van der Waals surface area (Å²) < 4.78 is 0. The quantitative estimate of drug-likeness (QED) is 0.138. The van der Waals surface area contributed by atoms with Crippen molar-refractivity contribution in [2.24, 2.45) is 46.2 Å². The molecule has 0 radical (unpaired) electrons. The highest BCUT2D eigenvalue weighted by atomic mass is 14.9. The fourth-order valence-electron chi connectivity index (χ4n) is 2.36. The Morgan fingerprint density at radius 1 is 0.480 bits per heavy atom. The topological polar surface area (TPSA) is 180 Å². The number of rotatable bonds is 17. The molecule has 25 heavy (non-hydrogen) atoms. The van der Waals surface area contributed by atoms with Gasteiger partial charge >= 0.3 is 0 Å². The summed E-state index contributed by atoms with van der Waals surface area (Å²) in [6, 6.07) is 0. The fourth-order valence-corrected chi connectivity index (χ4v) is 2.36. The Balaban J connectivity index is 0. The maximum absolute atomic E-state index is 5.48. The predicted octanol–water partition coefficient (Wildman–Crippen LogP) is -1.91. The van der Waals surface area contributed by atoms with Gasteiger partial charge in [-0.15, -0.1) is 0 Å². The molecule has 0 spiro atoms. The Kier molecular flexibility index (Phi) is 25.5. The summed E-state index contributed by atoms with van der Waals surface area (Å²) in [5, 5.41) is 6.58. The minimum atomic E-state index is 0.382. The zero-order valence-corrected chi connectivity index (χ0v) is 16.2. The Bertz CT molecular complexity index is 201. The van der Waals surface area contributed by atoms with Gasteiger partial charge in [-0.2, -0.15) is 0 Å². The average Bonchev–Trinajstić information content (AvgIpc) is 2.65. The molecule has 0 rings (SSSR count). The van der Waals surface area contributed by atoms with Gasteiger partial charge in [0.25, 0.3) is 0 Å². The molecule has 0 atom stereocenters. The third-order valence-corrected chi connectivity index (χ3v) is 4.10. The van der Waals surface area contributed by atoms with E-state index >= 15 is 0 Å². The van der Waals surface area contributed by atoms with E-state index in [1.807, 2.05) is 0 Å². The molecule has 8 nitrogen and oxygen atoms in total. The van der Waals surface area contributed by atoms with Gasteiger partial charge in [-0.25, -0.2) is 0 Å². The molecule has 0 amide bonds. The van der Waals surface area contributed by atoms with E-state index in [1.165, 1.54) is 25.7 Å². The lowest BCUT2D eigenvalue weighted by molar-refractivity contribution is 0.392. The van der Waals surface area contributed by atoms with Crippen LogP contribution in [-0.2, 0) is 0 Å². The maximum Gasteiger partial charge on any atom is 0.00745 e. The van der Waals surface area contributed by atoms with Gasteiger partial charge < -0.3 is 45.0 Å². The van der Waals surface area contributed by atoms with Crippen molar-refractivity contribution < 1.29 is 0 Å². The van der Waals surface area contributed by atoms with Gasteiger partial charge in [0.1, 0.15) is 0 Å². The molecule has 0 heterocycles. The Morgan fingerprint density at radius 2 is 0.840 bits per heavy atom. The highest BCUT2D eigenvalue weighted by molar-refractivity contribution is 4.68. The molecule has 0 bridgehead atoms. The van der Waals surface area contributed by atoms with Crippen LogP contribution in [0, 0.1) is 11.8 Å². The van der Waals surface area contributed by atoms with E-state index in [0.717, 1.165) is 45.7 Å². The van der Waals surface area contributed by atoms with Gasteiger partial charge in [-0.1, -0.05) is 12.8 Å². The molecule has 8 heteroatoms. The molecule has 0 saturated carbocycles. The van der Waals surface area contributed by atoms with E-state index in [-0.39, 0.29) is 0 Å². The van der Waals surface area contributed by atoms with Crippen molar-refractivity contribution in [1.82, 2.24) is 10.6 Å². The second-order valence-electron chi connectivity index (χ2n) is 6.40. The van der Waals surface area contributed by atoms with Crippen LogP contribution in [0.15, 0.2) is 0 Å². The lowest BCUT2D eigenvalue weighted by Gasteiger charge is -2.18. The number of nitrogens with two attached hydrogens (primary N) is 6. The summed E-state index contributed by atoms with van der Waals surface area (Å²) in [4.78, 5) is 0. The summed E-state index contributed by atoms with van der Waals surface area (Å²) in [7, 11) is 0. The van der Waals surface area contributed by atoms with Gasteiger partial charge in [-0.3, -0.25) is 0 Å². The molecule has 0 unspecified atom stereocenters. The molecule has 0 aromatic heterocycles. The van der Waals surface area contributed by atoms with Gasteiger partial charge in [-0.05, 0) is 70.4 Å². The van der Waals surface area contributed by atoms with Crippen molar-refractivity contribution in [3.63, 3.8) is 0 Å². The van der Waals surface area contributed by atoms with E-state index in [4.69, 9.17) is 34.4 Å². The summed E-state index contributed by atoms with van der Waals surface area (Å²) in [6.07, 6.45) is 6.09.